The fourth-order valence-electron chi connectivity index (χ4n) is 2.35. The Morgan fingerprint density at radius 3 is 2.80 bits per heavy atom. The molecule has 0 radical (unpaired) electrons. The number of rotatable bonds is 1. The summed E-state index contributed by atoms with van der Waals surface area (Å²) < 4.78 is 1.95. The highest BCUT2D eigenvalue weighted by atomic mass is 32.2. The summed E-state index contributed by atoms with van der Waals surface area (Å²) in [5.41, 5.74) is 1.20. The molecule has 3 rings (SSSR count). The number of aromatic nitrogens is 3. The van der Waals surface area contributed by atoms with Crippen LogP contribution in [-0.4, -0.2) is 38.7 Å². The minimum absolute atomic E-state index is 0.0835. The quantitative estimate of drug-likeness (QED) is 0.808. The van der Waals surface area contributed by atoms with Crippen molar-refractivity contribution in [2.24, 2.45) is 0 Å². The minimum Gasteiger partial charge on any atom is -0.343 e. The van der Waals surface area contributed by atoms with Crippen LogP contribution in [0.15, 0.2) is 6.20 Å². The highest BCUT2D eigenvalue weighted by Gasteiger charge is 2.23. The molecule has 0 amide bonds. The molecule has 2 aromatic heterocycles. The molecule has 0 aromatic carbocycles. The highest BCUT2D eigenvalue weighted by Crippen LogP contribution is 2.30. The van der Waals surface area contributed by atoms with Crippen LogP contribution < -0.4 is 4.90 Å². The molecule has 0 spiro atoms. The summed E-state index contributed by atoms with van der Waals surface area (Å²) in [5.74, 6) is 2.45. The molecule has 0 N–H and O–H groups in total. The third kappa shape index (κ3) is 2.68. The summed E-state index contributed by atoms with van der Waals surface area (Å²) in [6, 6.07) is 0.572. The molecule has 3 heterocycles. The number of nitrogens with zero attached hydrogens (tertiary/aromatic N) is 4. The average molecular weight is 310 g/mol. The molecule has 1 saturated heterocycles. The largest absolute Gasteiger partial charge is 0.343 e. The van der Waals surface area contributed by atoms with Crippen molar-refractivity contribution in [2.45, 2.75) is 45.6 Å². The van der Waals surface area contributed by atoms with Crippen LogP contribution in [0.25, 0.3) is 4.96 Å². The van der Waals surface area contributed by atoms with Crippen molar-refractivity contribution in [3.8, 4) is 0 Å². The van der Waals surface area contributed by atoms with Gasteiger partial charge in [-0.1, -0.05) is 32.1 Å². The van der Waals surface area contributed by atoms with Crippen molar-refractivity contribution in [2.75, 3.05) is 23.0 Å². The van der Waals surface area contributed by atoms with Crippen LogP contribution in [0.5, 0.6) is 0 Å². The Bertz CT molecular complexity index is 564. The second-order valence-corrected chi connectivity index (χ2v) is 8.59. The van der Waals surface area contributed by atoms with Gasteiger partial charge >= 0.3 is 0 Å². The Labute approximate surface area is 128 Å². The maximum atomic E-state index is 4.75. The van der Waals surface area contributed by atoms with Gasteiger partial charge in [-0.3, -0.25) is 0 Å². The Morgan fingerprint density at radius 2 is 2.10 bits per heavy atom. The monoisotopic (exact) mass is 310 g/mol. The van der Waals surface area contributed by atoms with E-state index in [4.69, 9.17) is 10.1 Å². The van der Waals surface area contributed by atoms with Gasteiger partial charge in [-0.05, 0) is 19.1 Å². The van der Waals surface area contributed by atoms with E-state index in [1.807, 2.05) is 16.3 Å². The molecular weight excluding hydrogens is 288 g/mol. The minimum atomic E-state index is 0.0835. The fraction of sp³-hybridized carbons (Fsp3) is 0.714. The van der Waals surface area contributed by atoms with Gasteiger partial charge in [0, 0.05) is 23.8 Å². The molecule has 1 aliphatic heterocycles. The maximum absolute atomic E-state index is 4.75. The van der Waals surface area contributed by atoms with Gasteiger partial charge in [-0.15, -0.1) is 5.10 Å². The molecule has 1 unspecified atom stereocenters. The van der Waals surface area contributed by atoms with Crippen LogP contribution in [-0.2, 0) is 5.41 Å². The Balaban J connectivity index is 1.91. The fourth-order valence-corrected chi connectivity index (χ4v) is 4.40. The number of hydrogen-bond donors (Lipinski definition) is 0. The number of imidazole rings is 1. The molecule has 20 heavy (non-hydrogen) atoms. The Hall–Kier alpha value is -0.750. The summed E-state index contributed by atoms with van der Waals surface area (Å²) >= 11 is 3.76. The molecule has 4 nitrogen and oxygen atoms in total. The van der Waals surface area contributed by atoms with Gasteiger partial charge in [-0.2, -0.15) is 11.8 Å². The molecular formula is C14H22N4S2. The zero-order valence-corrected chi connectivity index (χ0v) is 14.2. The third-order valence-corrected chi connectivity index (χ3v) is 5.69. The van der Waals surface area contributed by atoms with Crippen LogP contribution in [0.3, 0.4) is 0 Å². The zero-order chi connectivity index (χ0) is 14.3. The second-order valence-electron chi connectivity index (χ2n) is 6.43. The normalized spacial score (nSPS) is 21.4. The molecule has 0 aliphatic carbocycles. The summed E-state index contributed by atoms with van der Waals surface area (Å²) in [7, 11) is 0. The standard InChI is InChI=1S/C14H22N4S2/c1-10-5-7-19-8-6-17(10)13-16-18-9-11(14(2,3)4)15-12(18)20-13/h9-10H,5-8H2,1-4H3. The second kappa shape index (κ2) is 5.22. The molecule has 0 bridgehead atoms. The first-order chi connectivity index (χ1) is 9.45. The van der Waals surface area contributed by atoms with E-state index in [9.17, 15) is 0 Å². The van der Waals surface area contributed by atoms with E-state index in [0.717, 1.165) is 22.3 Å². The van der Waals surface area contributed by atoms with Gasteiger partial charge in [0.25, 0.3) is 0 Å². The molecule has 2 aromatic rings. The van der Waals surface area contributed by atoms with E-state index in [2.05, 4.69) is 38.8 Å². The molecule has 1 aliphatic rings. The zero-order valence-electron chi connectivity index (χ0n) is 12.6. The Kier molecular flexibility index (Phi) is 3.71. The lowest BCUT2D eigenvalue weighted by molar-refractivity contribution is 0.572. The molecule has 0 saturated carbocycles. The molecule has 110 valence electrons. The number of thioether (sulfide) groups is 1. The van der Waals surface area contributed by atoms with E-state index in [1.54, 1.807) is 11.3 Å². The van der Waals surface area contributed by atoms with Crippen molar-refractivity contribution in [3.63, 3.8) is 0 Å². The van der Waals surface area contributed by atoms with Gasteiger partial charge in [0.15, 0.2) is 0 Å². The lowest BCUT2D eigenvalue weighted by Gasteiger charge is -2.25. The lowest BCUT2D eigenvalue weighted by atomic mass is 9.93. The molecule has 6 heteroatoms. The van der Waals surface area contributed by atoms with Crippen molar-refractivity contribution < 1.29 is 0 Å². The third-order valence-electron chi connectivity index (χ3n) is 3.74. The van der Waals surface area contributed by atoms with Gasteiger partial charge < -0.3 is 4.90 Å². The topological polar surface area (TPSA) is 33.4 Å². The van der Waals surface area contributed by atoms with Crippen LogP contribution in [0.1, 0.15) is 39.8 Å². The number of anilines is 1. The van der Waals surface area contributed by atoms with E-state index in [1.165, 1.54) is 17.9 Å². The first-order valence-corrected chi connectivity index (χ1v) is 9.13. The van der Waals surface area contributed by atoms with Crippen LogP contribution in [0, 0.1) is 0 Å². The first kappa shape index (κ1) is 14.2. The van der Waals surface area contributed by atoms with E-state index in [0.29, 0.717) is 6.04 Å². The Morgan fingerprint density at radius 1 is 1.30 bits per heavy atom. The van der Waals surface area contributed by atoms with Gasteiger partial charge in [0.1, 0.15) is 0 Å². The van der Waals surface area contributed by atoms with Crippen molar-refractivity contribution in [3.05, 3.63) is 11.9 Å². The predicted octanol–water partition coefficient (Wildman–Crippen LogP) is 3.42. The molecule has 1 fully saturated rings. The lowest BCUT2D eigenvalue weighted by Crippen LogP contribution is -2.33. The average Bonchev–Trinajstić information content (AvgIpc) is 2.84. The van der Waals surface area contributed by atoms with Crippen LogP contribution in [0.2, 0.25) is 0 Å². The van der Waals surface area contributed by atoms with Gasteiger partial charge in [-0.25, -0.2) is 9.50 Å². The maximum Gasteiger partial charge on any atom is 0.214 e. The first-order valence-electron chi connectivity index (χ1n) is 7.16. The van der Waals surface area contributed by atoms with Gasteiger partial charge in [0.05, 0.1) is 11.9 Å². The smallest absolute Gasteiger partial charge is 0.214 e. The van der Waals surface area contributed by atoms with Crippen molar-refractivity contribution in [1.82, 2.24) is 14.6 Å². The predicted molar refractivity (Wildman–Crippen MR) is 88.3 cm³/mol. The van der Waals surface area contributed by atoms with Crippen LogP contribution in [0.4, 0.5) is 5.13 Å². The SMILES string of the molecule is CC1CCSCCN1c1nn2cc(C(C)(C)C)nc2s1. The van der Waals surface area contributed by atoms with E-state index >= 15 is 0 Å². The van der Waals surface area contributed by atoms with Crippen molar-refractivity contribution >= 4 is 33.2 Å². The highest BCUT2D eigenvalue weighted by molar-refractivity contribution is 7.99. The van der Waals surface area contributed by atoms with Crippen molar-refractivity contribution in [1.29, 1.82) is 0 Å². The van der Waals surface area contributed by atoms with Crippen LogP contribution >= 0.6 is 23.1 Å². The summed E-state index contributed by atoms with van der Waals surface area (Å²) in [5, 5.41) is 5.87. The molecule has 1 atom stereocenters. The summed E-state index contributed by atoms with van der Waals surface area (Å²) in [4.78, 5) is 8.18. The van der Waals surface area contributed by atoms with E-state index in [-0.39, 0.29) is 5.41 Å². The summed E-state index contributed by atoms with van der Waals surface area (Å²) in [6.07, 6.45) is 3.31. The summed E-state index contributed by atoms with van der Waals surface area (Å²) in [6.45, 7) is 9.96. The number of hydrogen-bond acceptors (Lipinski definition) is 5. The van der Waals surface area contributed by atoms with E-state index < -0.39 is 0 Å². The van der Waals surface area contributed by atoms with Gasteiger partial charge in [0.2, 0.25) is 10.1 Å². The number of fused-ring (bicyclic) bond motifs is 1.